The van der Waals surface area contributed by atoms with Gasteiger partial charge in [-0.25, -0.2) is 0 Å². The minimum atomic E-state index is -4.46. The highest BCUT2D eigenvalue weighted by Gasteiger charge is 2.32. The highest BCUT2D eigenvalue weighted by Crippen LogP contribution is 2.32. The molecule has 0 bridgehead atoms. The Morgan fingerprint density at radius 2 is 1.89 bits per heavy atom. The minimum absolute atomic E-state index is 0.00939. The van der Waals surface area contributed by atoms with E-state index < -0.39 is 23.6 Å². The molecule has 0 saturated heterocycles. The number of ether oxygens (including phenoxy) is 1. The first-order valence-electron chi connectivity index (χ1n) is 8.29. The quantitative estimate of drug-likeness (QED) is 0.688. The van der Waals surface area contributed by atoms with Crippen LogP contribution in [0.1, 0.15) is 39.0 Å². The number of benzene rings is 1. The van der Waals surface area contributed by atoms with Crippen molar-refractivity contribution in [2.75, 3.05) is 20.2 Å². The van der Waals surface area contributed by atoms with Gasteiger partial charge in [0.25, 0.3) is 11.8 Å². The maximum Gasteiger partial charge on any atom is 0.416 e. The van der Waals surface area contributed by atoms with Crippen LogP contribution in [0.3, 0.4) is 0 Å². The number of hydrogen-bond donors (Lipinski definition) is 3. The second-order valence-corrected chi connectivity index (χ2v) is 5.61. The Morgan fingerprint density at radius 3 is 2.52 bits per heavy atom. The lowest BCUT2D eigenvalue weighted by Crippen LogP contribution is -2.23. The van der Waals surface area contributed by atoms with E-state index in [-0.39, 0.29) is 35.7 Å². The SMILES string of the molecule is CCNC(=O)c1cc(OCCc2ccccc2C(F)(F)F)c(C(=O)NC)[nH]1. The van der Waals surface area contributed by atoms with E-state index in [1.54, 1.807) is 6.92 Å². The summed E-state index contributed by atoms with van der Waals surface area (Å²) in [5, 5.41) is 5.00. The molecule has 0 aliphatic carbocycles. The molecule has 1 heterocycles. The van der Waals surface area contributed by atoms with E-state index in [4.69, 9.17) is 4.74 Å². The first kappa shape index (κ1) is 20.3. The first-order valence-corrected chi connectivity index (χ1v) is 8.29. The van der Waals surface area contributed by atoms with E-state index in [0.717, 1.165) is 6.07 Å². The van der Waals surface area contributed by atoms with Gasteiger partial charge >= 0.3 is 6.18 Å². The Hall–Kier alpha value is -2.97. The van der Waals surface area contributed by atoms with Crippen molar-refractivity contribution >= 4 is 11.8 Å². The first-order chi connectivity index (χ1) is 12.8. The summed E-state index contributed by atoms with van der Waals surface area (Å²) in [6, 6.07) is 6.58. The number of carbonyl (C=O) groups excluding carboxylic acids is 2. The molecule has 2 aromatic rings. The van der Waals surface area contributed by atoms with Crippen LogP contribution in [0.5, 0.6) is 5.75 Å². The average Bonchev–Trinajstić information content (AvgIpc) is 3.05. The molecule has 2 amide bonds. The normalized spacial score (nSPS) is 11.1. The lowest BCUT2D eigenvalue weighted by atomic mass is 10.0. The van der Waals surface area contributed by atoms with Gasteiger partial charge in [-0.1, -0.05) is 18.2 Å². The number of alkyl halides is 3. The molecular weight excluding hydrogens is 363 g/mol. The maximum atomic E-state index is 13.0. The monoisotopic (exact) mass is 383 g/mol. The van der Waals surface area contributed by atoms with Crippen molar-refractivity contribution in [1.82, 2.24) is 15.6 Å². The average molecular weight is 383 g/mol. The van der Waals surface area contributed by atoms with Gasteiger partial charge in [-0.3, -0.25) is 9.59 Å². The van der Waals surface area contributed by atoms with Crippen LogP contribution in [-0.4, -0.2) is 37.0 Å². The van der Waals surface area contributed by atoms with Crippen molar-refractivity contribution in [3.63, 3.8) is 0 Å². The van der Waals surface area contributed by atoms with Gasteiger partial charge in [0.2, 0.25) is 0 Å². The van der Waals surface area contributed by atoms with Gasteiger partial charge in [0, 0.05) is 26.1 Å². The lowest BCUT2D eigenvalue weighted by molar-refractivity contribution is -0.138. The Kier molecular flexibility index (Phi) is 6.49. The second-order valence-electron chi connectivity index (χ2n) is 5.61. The molecule has 6 nitrogen and oxygen atoms in total. The molecule has 0 aliphatic heterocycles. The molecule has 0 spiro atoms. The summed E-state index contributed by atoms with van der Waals surface area (Å²) in [4.78, 5) is 26.5. The van der Waals surface area contributed by atoms with E-state index in [1.165, 1.54) is 31.3 Å². The van der Waals surface area contributed by atoms with Gasteiger partial charge < -0.3 is 20.4 Å². The third-order valence-corrected chi connectivity index (χ3v) is 3.77. The van der Waals surface area contributed by atoms with E-state index in [1.807, 2.05) is 0 Å². The lowest BCUT2D eigenvalue weighted by Gasteiger charge is -2.13. The summed E-state index contributed by atoms with van der Waals surface area (Å²) in [6.45, 7) is 2.05. The van der Waals surface area contributed by atoms with Gasteiger partial charge in [0.05, 0.1) is 12.2 Å². The Balaban J connectivity index is 2.16. The number of hydrogen-bond acceptors (Lipinski definition) is 3. The minimum Gasteiger partial charge on any atom is -0.491 e. The van der Waals surface area contributed by atoms with Crippen LogP contribution in [0, 0.1) is 0 Å². The third kappa shape index (κ3) is 5.02. The molecule has 1 aromatic carbocycles. The highest BCUT2D eigenvalue weighted by molar-refractivity contribution is 5.99. The summed E-state index contributed by atoms with van der Waals surface area (Å²) in [5.74, 6) is -0.823. The molecule has 27 heavy (non-hydrogen) atoms. The van der Waals surface area contributed by atoms with E-state index in [2.05, 4.69) is 15.6 Å². The largest absolute Gasteiger partial charge is 0.491 e. The van der Waals surface area contributed by atoms with Crippen LogP contribution in [0.2, 0.25) is 0 Å². The fourth-order valence-corrected chi connectivity index (χ4v) is 2.51. The zero-order chi connectivity index (χ0) is 20.0. The number of rotatable bonds is 7. The summed E-state index contributed by atoms with van der Waals surface area (Å²) >= 11 is 0. The van der Waals surface area contributed by atoms with Crippen molar-refractivity contribution in [3.8, 4) is 5.75 Å². The summed E-state index contributed by atoms with van der Waals surface area (Å²) in [6.07, 6.45) is -4.46. The van der Waals surface area contributed by atoms with Crippen molar-refractivity contribution < 1.29 is 27.5 Å². The number of aromatic amines is 1. The fraction of sp³-hybridized carbons (Fsp3) is 0.333. The van der Waals surface area contributed by atoms with E-state index >= 15 is 0 Å². The number of carbonyl (C=O) groups is 2. The zero-order valence-corrected chi connectivity index (χ0v) is 14.9. The number of aromatic nitrogens is 1. The van der Waals surface area contributed by atoms with Crippen LogP contribution >= 0.6 is 0 Å². The van der Waals surface area contributed by atoms with Crippen molar-refractivity contribution in [3.05, 3.63) is 52.8 Å². The molecule has 146 valence electrons. The van der Waals surface area contributed by atoms with E-state index in [0.29, 0.717) is 6.54 Å². The van der Waals surface area contributed by atoms with Crippen molar-refractivity contribution in [2.24, 2.45) is 0 Å². The van der Waals surface area contributed by atoms with Gasteiger partial charge in [-0.05, 0) is 18.6 Å². The molecule has 0 saturated carbocycles. The van der Waals surface area contributed by atoms with Crippen molar-refractivity contribution in [2.45, 2.75) is 19.5 Å². The van der Waals surface area contributed by atoms with Crippen LogP contribution in [0.25, 0.3) is 0 Å². The number of nitrogens with one attached hydrogen (secondary N) is 3. The Bertz CT molecular complexity index is 816. The summed E-state index contributed by atoms with van der Waals surface area (Å²) < 4.78 is 44.6. The summed E-state index contributed by atoms with van der Waals surface area (Å²) in [7, 11) is 1.41. The summed E-state index contributed by atoms with van der Waals surface area (Å²) in [5.41, 5.74) is -0.479. The molecule has 0 radical (unpaired) electrons. The zero-order valence-electron chi connectivity index (χ0n) is 14.9. The van der Waals surface area contributed by atoms with E-state index in [9.17, 15) is 22.8 Å². The molecular formula is C18H20F3N3O3. The number of H-pyrrole nitrogens is 1. The fourth-order valence-electron chi connectivity index (χ4n) is 2.51. The van der Waals surface area contributed by atoms with Crippen LogP contribution in [0.4, 0.5) is 13.2 Å². The van der Waals surface area contributed by atoms with Crippen LogP contribution < -0.4 is 15.4 Å². The molecule has 1 aromatic heterocycles. The van der Waals surface area contributed by atoms with Gasteiger partial charge in [0.1, 0.15) is 11.4 Å². The molecule has 2 rings (SSSR count). The molecule has 0 atom stereocenters. The predicted octanol–water partition coefficient (Wildman–Crippen LogP) is 2.76. The molecule has 0 aliphatic rings. The molecule has 0 fully saturated rings. The third-order valence-electron chi connectivity index (χ3n) is 3.77. The number of amides is 2. The Labute approximate surface area is 154 Å². The van der Waals surface area contributed by atoms with Crippen molar-refractivity contribution in [1.29, 1.82) is 0 Å². The van der Waals surface area contributed by atoms with Gasteiger partial charge in [-0.2, -0.15) is 13.2 Å². The molecule has 9 heteroatoms. The maximum absolute atomic E-state index is 13.0. The Morgan fingerprint density at radius 1 is 1.19 bits per heavy atom. The molecule has 0 unspecified atom stereocenters. The van der Waals surface area contributed by atoms with Gasteiger partial charge in [-0.15, -0.1) is 0 Å². The van der Waals surface area contributed by atoms with Gasteiger partial charge in [0.15, 0.2) is 5.75 Å². The smallest absolute Gasteiger partial charge is 0.416 e. The predicted molar refractivity (Wildman–Crippen MR) is 92.8 cm³/mol. The second kappa shape index (κ2) is 8.61. The van der Waals surface area contributed by atoms with Crippen LogP contribution in [0.15, 0.2) is 30.3 Å². The topological polar surface area (TPSA) is 83.2 Å². The highest BCUT2D eigenvalue weighted by atomic mass is 19.4. The number of halogens is 3. The molecule has 3 N–H and O–H groups in total. The standard InChI is InChI=1S/C18H20F3N3O3/c1-3-23-16(25)13-10-14(15(24-13)17(26)22-2)27-9-8-11-6-4-5-7-12(11)18(19,20)21/h4-7,10,24H,3,8-9H2,1-2H3,(H,22,26)(H,23,25). The van der Waals surface area contributed by atoms with Crippen LogP contribution in [-0.2, 0) is 12.6 Å².